The normalized spacial score (nSPS) is 17.5. The number of pyridine rings is 2. The maximum Gasteiger partial charge on any atom is 0.318 e. The van der Waals surface area contributed by atoms with Gasteiger partial charge >= 0.3 is 12.1 Å². The number of aryl methyl sites for hydroxylation is 2. The molecule has 0 unspecified atom stereocenters. The van der Waals surface area contributed by atoms with Crippen LogP contribution in [-0.2, 0) is 63.6 Å². The van der Waals surface area contributed by atoms with Gasteiger partial charge in [-0.1, -0.05) is 210 Å². The third-order valence-corrected chi connectivity index (χ3v) is 21.9. The number of urea groups is 2. The van der Waals surface area contributed by atoms with Gasteiger partial charge in [0, 0.05) is 110 Å². The third-order valence-electron chi connectivity index (χ3n) is 21.9. The van der Waals surface area contributed by atoms with Gasteiger partial charge in [0.25, 0.3) is 0 Å². The molecule has 6 aromatic carbocycles. The standard InChI is InChI=1S/C36H56N2O2.C29H35N3O3.C29H33N3O2.Co/c1-31(2,3)25-17-23(29(39)27(19-25)33(7,8)9)21-37-35(13,14)36(15,16)38-22-24-18-26(32(4,5)6)20-28(30(24)40)34(10,11)12;1-21(22-11-13-23(14-12-22)24-15-16-26(33)31(4)19-24)32-18-8-17-29(30-27(32)34,20-28(2,3)35)25-9-6-5-7-10-25;1-21(2)19-29(26-9-6-5-7-10-26)17-8-18-32(28(34)30-29)22(3)23-11-13-24(14-12-23)25-15-16-27(33)31(4)20-25;/h17-22,39-40H,1-16H3;5-7,9-16,19,21,35H,8,17-18,20H2,1-4H3,(H,30,34);5-7,9-16,20,22H,1,8,17-19H2,2-4H3,(H,30,34);/t;21-,29-;22-,29-;/m.00./s1. The van der Waals surface area contributed by atoms with E-state index in [1.165, 1.54) is 0 Å². The zero-order chi connectivity index (χ0) is 80.8. The van der Waals surface area contributed by atoms with E-state index in [0.29, 0.717) is 19.5 Å². The Kier molecular flexibility index (Phi) is 27.8. The van der Waals surface area contributed by atoms with Crippen LogP contribution < -0.4 is 21.8 Å². The van der Waals surface area contributed by atoms with Crippen molar-refractivity contribution < 1.29 is 41.7 Å². The van der Waals surface area contributed by atoms with Gasteiger partial charge in [0.1, 0.15) is 11.5 Å². The van der Waals surface area contributed by atoms with Crippen LogP contribution in [0.5, 0.6) is 11.5 Å². The molecule has 15 nitrogen and oxygen atoms in total. The van der Waals surface area contributed by atoms with Gasteiger partial charge in [0.15, 0.2) is 0 Å². The van der Waals surface area contributed by atoms with E-state index in [9.17, 15) is 34.5 Å². The number of benzene rings is 6. The summed E-state index contributed by atoms with van der Waals surface area (Å²) in [7, 11) is 3.50. The minimum Gasteiger partial charge on any atom is -0.507 e. The predicted octanol–water partition coefficient (Wildman–Crippen LogP) is 20.1. The van der Waals surface area contributed by atoms with E-state index in [0.717, 1.165) is 116 Å². The van der Waals surface area contributed by atoms with E-state index in [-0.39, 0.29) is 85.2 Å². The fourth-order valence-corrected chi connectivity index (χ4v) is 14.5. The summed E-state index contributed by atoms with van der Waals surface area (Å²) >= 11 is 0. The van der Waals surface area contributed by atoms with Crippen LogP contribution in [0.4, 0.5) is 9.59 Å². The van der Waals surface area contributed by atoms with E-state index in [4.69, 9.17) is 9.98 Å². The van der Waals surface area contributed by atoms with Crippen LogP contribution in [-0.4, -0.2) is 88.5 Å². The number of aromatic nitrogens is 2. The van der Waals surface area contributed by atoms with Gasteiger partial charge in [0.05, 0.1) is 39.8 Å². The Morgan fingerprint density at radius 1 is 0.491 bits per heavy atom. The molecule has 2 saturated heterocycles. The zero-order valence-corrected chi connectivity index (χ0v) is 70.9. The first kappa shape index (κ1) is 88.1. The summed E-state index contributed by atoms with van der Waals surface area (Å²) in [6, 6.07) is 51.4. The maximum atomic E-state index is 13.6. The van der Waals surface area contributed by atoms with Crippen molar-refractivity contribution in [2.45, 2.75) is 245 Å². The average Bonchev–Trinajstić information content (AvgIpc) is 1.07. The fourth-order valence-electron chi connectivity index (χ4n) is 14.5. The Hall–Kier alpha value is -9.09. The van der Waals surface area contributed by atoms with Crippen LogP contribution >= 0.6 is 0 Å². The number of rotatable bonds is 17. The predicted molar refractivity (Wildman–Crippen MR) is 451 cm³/mol. The molecule has 8 aromatic rings. The van der Waals surface area contributed by atoms with Crippen molar-refractivity contribution in [3.8, 4) is 33.8 Å². The number of aliphatic imine (C=N–C) groups is 2. The van der Waals surface area contributed by atoms with Crippen molar-refractivity contribution in [3.05, 3.63) is 259 Å². The Balaban J connectivity index is 0.000000229. The molecule has 0 spiro atoms. The first-order chi connectivity index (χ1) is 50.5. The number of phenols is 2. The molecular formula is C94H124CoN8O7. The van der Waals surface area contributed by atoms with Crippen LogP contribution in [0, 0.1) is 0 Å². The number of carbonyl (C=O) groups excluding carboxylic acids is 2. The van der Waals surface area contributed by atoms with E-state index in [1.54, 1.807) is 61.6 Å². The monoisotopic (exact) mass is 1540 g/mol. The molecular weight excluding hydrogens is 1410 g/mol. The SMILES string of the molecule is C=C(C)C[C@]1(c2ccccc2)CCCN([C@@H](C)c2ccc(-c3ccc(=O)n(C)c3)cc2)C(=O)N1.CC(C)(C)c1cc(C=NC(C)(C)C(C)(C)N=Cc2cc(C(C)(C)C)cc(C(C)(C)C)c2O)c(O)c(C(C)(C)C)c1.C[C@@H](c1ccc(-c2ccc(=O)n(C)c2)cc1)N1CCC[C@](CC(C)(C)O)(c2ccccc2)NC1=O.[Co]. The van der Waals surface area contributed by atoms with Crippen molar-refractivity contribution in [1.29, 1.82) is 0 Å². The molecule has 4 heterocycles. The summed E-state index contributed by atoms with van der Waals surface area (Å²) in [5, 5.41) is 39.9. The number of hydrogen-bond donors (Lipinski definition) is 5. The third kappa shape index (κ3) is 21.7. The van der Waals surface area contributed by atoms with Gasteiger partial charge in [-0.15, -0.1) is 6.58 Å². The van der Waals surface area contributed by atoms with Crippen molar-refractivity contribution in [2.75, 3.05) is 13.1 Å². The molecule has 0 aliphatic carbocycles. The van der Waals surface area contributed by atoms with Gasteiger partial charge in [-0.25, -0.2) is 9.59 Å². The number of phenolic OH excluding ortho intramolecular Hbond substituents is 2. The molecule has 2 aromatic heterocycles. The van der Waals surface area contributed by atoms with Crippen LogP contribution in [0.1, 0.15) is 252 Å². The Morgan fingerprint density at radius 3 is 1.15 bits per heavy atom. The van der Waals surface area contributed by atoms with Gasteiger partial charge in [0.2, 0.25) is 11.1 Å². The molecule has 2 aliphatic heterocycles. The van der Waals surface area contributed by atoms with Gasteiger partial charge < -0.3 is 44.9 Å². The number of amides is 4. The smallest absolute Gasteiger partial charge is 0.318 e. The van der Waals surface area contributed by atoms with E-state index < -0.39 is 27.8 Å². The summed E-state index contributed by atoms with van der Waals surface area (Å²) in [4.78, 5) is 64.3. The Bertz CT molecular complexity index is 4590. The quantitative estimate of drug-likeness (QED) is 0.0442. The minimum atomic E-state index is -0.930. The second-order valence-electron chi connectivity index (χ2n) is 36.4. The largest absolute Gasteiger partial charge is 0.507 e. The molecule has 1 radical (unpaired) electrons. The van der Waals surface area contributed by atoms with Gasteiger partial charge in [-0.2, -0.15) is 0 Å². The average molecular weight is 1540 g/mol. The van der Waals surface area contributed by atoms with Crippen LogP contribution in [0.25, 0.3) is 22.3 Å². The second-order valence-corrected chi connectivity index (χ2v) is 36.4. The number of carbonyl (C=O) groups is 2. The molecule has 110 heavy (non-hydrogen) atoms. The number of aromatic hydroxyl groups is 2. The van der Waals surface area contributed by atoms with Gasteiger partial charge in [-0.3, -0.25) is 19.6 Å². The summed E-state index contributed by atoms with van der Waals surface area (Å²) in [6.07, 6.45) is 11.8. The Morgan fingerprint density at radius 2 is 0.827 bits per heavy atom. The van der Waals surface area contributed by atoms with Crippen molar-refractivity contribution in [2.24, 2.45) is 24.1 Å². The summed E-state index contributed by atoms with van der Waals surface area (Å²) in [5.41, 5.74) is 11.1. The van der Waals surface area contributed by atoms with E-state index >= 15 is 0 Å². The van der Waals surface area contributed by atoms with Crippen molar-refractivity contribution in [3.63, 3.8) is 0 Å². The number of hydrogen-bond acceptors (Lipinski definition) is 9. The molecule has 10 rings (SSSR count). The summed E-state index contributed by atoms with van der Waals surface area (Å²) < 4.78 is 3.15. The summed E-state index contributed by atoms with van der Waals surface area (Å²) in [6.45, 7) is 49.2. The van der Waals surface area contributed by atoms with Crippen LogP contribution in [0.15, 0.2) is 202 Å². The Labute approximate surface area is 666 Å². The molecule has 591 valence electrons. The maximum absolute atomic E-state index is 13.6. The van der Waals surface area contributed by atoms with E-state index in [2.05, 4.69) is 183 Å². The second kappa shape index (κ2) is 34.7. The first-order valence-electron chi connectivity index (χ1n) is 38.6. The molecule has 4 atom stereocenters. The molecule has 5 N–H and O–H groups in total. The van der Waals surface area contributed by atoms with Gasteiger partial charge in [-0.05, 0) is 196 Å². The number of nitrogens with one attached hydrogen (secondary N) is 2. The van der Waals surface area contributed by atoms with Crippen LogP contribution in [0.3, 0.4) is 0 Å². The molecule has 2 fully saturated rings. The van der Waals surface area contributed by atoms with E-state index in [1.807, 2.05) is 133 Å². The first-order valence-corrected chi connectivity index (χ1v) is 38.6. The minimum absolute atomic E-state index is 0. The number of aliphatic hydroxyl groups is 1. The fraction of sp³-hybridized carbons (Fsp3) is 0.447. The summed E-state index contributed by atoms with van der Waals surface area (Å²) in [5.74, 6) is 0.556. The molecule has 0 bridgehead atoms. The number of nitrogens with zero attached hydrogens (tertiary/aromatic N) is 6. The van der Waals surface area contributed by atoms with Crippen molar-refractivity contribution >= 4 is 24.5 Å². The zero-order valence-electron chi connectivity index (χ0n) is 69.8. The van der Waals surface area contributed by atoms with Crippen LogP contribution in [0.2, 0.25) is 0 Å². The molecule has 16 heteroatoms. The molecule has 0 saturated carbocycles. The molecule has 4 amide bonds. The molecule has 2 aliphatic rings. The topological polar surface area (TPSA) is 194 Å². The van der Waals surface area contributed by atoms with Crippen molar-refractivity contribution in [1.82, 2.24) is 29.6 Å².